The fourth-order valence-electron chi connectivity index (χ4n) is 5.12. The molecule has 2 aliphatic heterocycles. The number of benzene rings is 1. The molecule has 1 aromatic carbocycles. The summed E-state index contributed by atoms with van der Waals surface area (Å²) in [6.07, 6.45) is 7.84. The first-order valence-electron chi connectivity index (χ1n) is 11.1. The van der Waals surface area contributed by atoms with Gasteiger partial charge in [-0.15, -0.1) is 0 Å². The molecular formula is C21H32N2O5S2. The summed E-state index contributed by atoms with van der Waals surface area (Å²) in [6.45, 7) is 1.65. The number of hydrogen-bond donors (Lipinski definition) is 1. The van der Waals surface area contributed by atoms with Crippen molar-refractivity contribution >= 4 is 20.0 Å². The molecule has 0 aromatic heterocycles. The highest BCUT2D eigenvalue weighted by molar-refractivity contribution is 7.89. The van der Waals surface area contributed by atoms with Gasteiger partial charge in [-0.2, -0.15) is 8.61 Å². The minimum atomic E-state index is -3.72. The van der Waals surface area contributed by atoms with Gasteiger partial charge in [-0.25, -0.2) is 16.8 Å². The SMILES string of the molecule is O=S(=O)(c1ccc(S(=O)(=O)N2CCC3(O)CCCCC3C2)cc1)N1CCCCCC1. The molecule has 1 aromatic rings. The van der Waals surface area contributed by atoms with Gasteiger partial charge < -0.3 is 5.11 Å². The standard InChI is InChI=1S/C21H32N2O5S2/c24-21-12-4-3-7-18(21)17-23(16-13-21)30(27,28)20-10-8-19(9-11-20)29(25,26)22-14-5-1-2-6-15-22/h8-11,18,24H,1-7,12-17H2. The lowest BCUT2D eigenvalue weighted by atomic mass is 9.72. The normalized spacial score (nSPS) is 29.8. The number of aliphatic hydroxyl groups is 1. The third kappa shape index (κ3) is 4.19. The lowest BCUT2D eigenvalue weighted by molar-refractivity contribution is -0.0816. The van der Waals surface area contributed by atoms with Crippen LogP contribution in [-0.2, 0) is 20.0 Å². The number of rotatable bonds is 4. The first kappa shape index (κ1) is 22.2. The van der Waals surface area contributed by atoms with Crippen molar-refractivity contribution in [3.63, 3.8) is 0 Å². The van der Waals surface area contributed by atoms with Crippen LogP contribution in [0.3, 0.4) is 0 Å². The van der Waals surface area contributed by atoms with Crippen molar-refractivity contribution in [3.8, 4) is 0 Å². The monoisotopic (exact) mass is 456 g/mol. The summed E-state index contributed by atoms with van der Waals surface area (Å²) in [7, 11) is -7.32. The Hall–Kier alpha value is -1.00. The van der Waals surface area contributed by atoms with Crippen LogP contribution in [0.15, 0.2) is 34.1 Å². The highest BCUT2D eigenvalue weighted by Gasteiger charge is 2.45. The van der Waals surface area contributed by atoms with E-state index in [1.165, 1.54) is 32.9 Å². The van der Waals surface area contributed by atoms with Gasteiger partial charge in [0.2, 0.25) is 20.0 Å². The quantitative estimate of drug-likeness (QED) is 0.751. The van der Waals surface area contributed by atoms with E-state index < -0.39 is 25.6 Å². The lowest BCUT2D eigenvalue weighted by Crippen LogP contribution is -2.54. The van der Waals surface area contributed by atoms with E-state index in [2.05, 4.69) is 0 Å². The minimum absolute atomic E-state index is 0.0301. The van der Waals surface area contributed by atoms with Gasteiger partial charge in [-0.05, 0) is 56.4 Å². The number of piperidine rings is 1. The molecule has 0 radical (unpaired) electrons. The molecule has 30 heavy (non-hydrogen) atoms. The molecule has 1 aliphatic carbocycles. The molecule has 3 fully saturated rings. The summed E-state index contributed by atoms with van der Waals surface area (Å²) in [5.74, 6) is -0.0301. The van der Waals surface area contributed by atoms with Crippen LogP contribution in [0.5, 0.6) is 0 Å². The third-order valence-corrected chi connectivity index (χ3v) is 10.8. The van der Waals surface area contributed by atoms with Crippen LogP contribution in [0.2, 0.25) is 0 Å². The van der Waals surface area contributed by atoms with E-state index in [0.29, 0.717) is 32.6 Å². The molecule has 0 amide bonds. The van der Waals surface area contributed by atoms with Crippen molar-refractivity contribution in [1.82, 2.24) is 8.61 Å². The van der Waals surface area contributed by atoms with Gasteiger partial charge in [0.15, 0.2) is 0 Å². The Morgan fingerprint density at radius 2 is 1.30 bits per heavy atom. The van der Waals surface area contributed by atoms with Crippen molar-refractivity contribution in [2.75, 3.05) is 26.2 Å². The second-order valence-corrected chi connectivity index (χ2v) is 12.8. The van der Waals surface area contributed by atoms with E-state index in [0.717, 1.165) is 51.4 Å². The van der Waals surface area contributed by atoms with E-state index in [1.807, 2.05) is 0 Å². The molecule has 1 N–H and O–H groups in total. The summed E-state index contributed by atoms with van der Waals surface area (Å²) in [6, 6.07) is 5.63. The van der Waals surface area contributed by atoms with Crippen LogP contribution in [0, 0.1) is 5.92 Å². The third-order valence-electron chi connectivity index (χ3n) is 7.05. The van der Waals surface area contributed by atoms with Gasteiger partial charge in [0.25, 0.3) is 0 Å². The van der Waals surface area contributed by atoms with Crippen LogP contribution in [-0.4, -0.2) is 62.3 Å². The molecule has 168 valence electrons. The predicted octanol–water partition coefficient (Wildman–Crippen LogP) is 2.57. The summed E-state index contributed by atoms with van der Waals surface area (Å²) in [4.78, 5) is 0.252. The average molecular weight is 457 g/mol. The zero-order valence-electron chi connectivity index (χ0n) is 17.4. The maximum Gasteiger partial charge on any atom is 0.243 e. The largest absolute Gasteiger partial charge is 0.390 e. The smallest absolute Gasteiger partial charge is 0.243 e. The van der Waals surface area contributed by atoms with Gasteiger partial charge in [-0.3, -0.25) is 0 Å². The Balaban J connectivity index is 1.52. The van der Waals surface area contributed by atoms with Crippen LogP contribution < -0.4 is 0 Å². The fourth-order valence-corrected chi connectivity index (χ4v) is 8.13. The number of hydrogen-bond acceptors (Lipinski definition) is 5. The summed E-state index contributed by atoms with van der Waals surface area (Å²) in [5.41, 5.74) is -0.741. The number of fused-ring (bicyclic) bond motifs is 1. The molecule has 0 spiro atoms. The van der Waals surface area contributed by atoms with Gasteiger partial charge in [0.1, 0.15) is 0 Å². The Morgan fingerprint density at radius 3 is 1.90 bits per heavy atom. The van der Waals surface area contributed by atoms with E-state index in [9.17, 15) is 21.9 Å². The Bertz CT molecular complexity index is 954. The summed E-state index contributed by atoms with van der Waals surface area (Å²) in [5, 5.41) is 10.8. The molecule has 0 bridgehead atoms. The number of nitrogens with zero attached hydrogens (tertiary/aromatic N) is 2. The van der Waals surface area contributed by atoms with Gasteiger partial charge >= 0.3 is 0 Å². The maximum absolute atomic E-state index is 13.2. The summed E-state index contributed by atoms with van der Waals surface area (Å²) < 4.78 is 55.2. The highest BCUT2D eigenvalue weighted by atomic mass is 32.2. The summed E-state index contributed by atoms with van der Waals surface area (Å²) >= 11 is 0. The molecule has 9 heteroatoms. The highest BCUT2D eigenvalue weighted by Crippen LogP contribution is 2.41. The van der Waals surface area contributed by atoms with Gasteiger partial charge in [0.05, 0.1) is 15.4 Å². The lowest BCUT2D eigenvalue weighted by Gasteiger charge is -2.46. The zero-order valence-corrected chi connectivity index (χ0v) is 19.0. The first-order chi connectivity index (χ1) is 14.2. The van der Waals surface area contributed by atoms with E-state index >= 15 is 0 Å². The van der Waals surface area contributed by atoms with Crippen molar-refractivity contribution in [1.29, 1.82) is 0 Å². The van der Waals surface area contributed by atoms with Crippen molar-refractivity contribution in [2.45, 2.75) is 73.2 Å². The predicted molar refractivity (Wildman–Crippen MR) is 114 cm³/mol. The zero-order chi connectivity index (χ0) is 21.4. The Labute approximate surface area is 180 Å². The van der Waals surface area contributed by atoms with Crippen LogP contribution in [0.1, 0.15) is 57.8 Å². The molecular weight excluding hydrogens is 424 g/mol. The Morgan fingerprint density at radius 1 is 0.733 bits per heavy atom. The van der Waals surface area contributed by atoms with Gasteiger partial charge in [-0.1, -0.05) is 25.7 Å². The molecule has 2 unspecified atom stereocenters. The first-order valence-corrected chi connectivity index (χ1v) is 13.9. The molecule has 1 saturated carbocycles. The maximum atomic E-state index is 13.2. The van der Waals surface area contributed by atoms with E-state index in [1.54, 1.807) is 0 Å². The van der Waals surface area contributed by atoms with Crippen LogP contribution in [0.25, 0.3) is 0 Å². The van der Waals surface area contributed by atoms with Crippen molar-refractivity contribution < 1.29 is 21.9 Å². The fraction of sp³-hybridized carbons (Fsp3) is 0.714. The second-order valence-electron chi connectivity index (χ2n) is 8.95. The topological polar surface area (TPSA) is 95.0 Å². The molecule has 3 aliphatic rings. The molecule has 2 heterocycles. The second kappa shape index (κ2) is 8.50. The molecule has 2 atom stereocenters. The van der Waals surface area contributed by atoms with Crippen molar-refractivity contribution in [2.24, 2.45) is 5.92 Å². The van der Waals surface area contributed by atoms with E-state index in [-0.39, 0.29) is 15.7 Å². The Kier molecular flexibility index (Phi) is 6.29. The van der Waals surface area contributed by atoms with Crippen LogP contribution >= 0.6 is 0 Å². The molecule has 7 nitrogen and oxygen atoms in total. The minimum Gasteiger partial charge on any atom is -0.390 e. The number of sulfonamides is 2. The van der Waals surface area contributed by atoms with E-state index in [4.69, 9.17) is 0 Å². The van der Waals surface area contributed by atoms with Gasteiger partial charge in [0, 0.05) is 32.1 Å². The van der Waals surface area contributed by atoms with Crippen LogP contribution in [0.4, 0.5) is 0 Å². The average Bonchev–Trinajstić information content (AvgIpc) is 3.03. The van der Waals surface area contributed by atoms with Crippen molar-refractivity contribution in [3.05, 3.63) is 24.3 Å². The molecule has 2 saturated heterocycles. The molecule has 4 rings (SSSR count).